The quantitative estimate of drug-likeness (QED) is 0.607. The SMILES string of the molecule is C#Cc1cc(C#C)c(OCCBr)c(C#C)c1. The van der Waals surface area contributed by atoms with E-state index in [1.54, 1.807) is 12.1 Å². The van der Waals surface area contributed by atoms with E-state index in [4.69, 9.17) is 24.0 Å². The van der Waals surface area contributed by atoms with Crippen molar-refractivity contribution in [2.45, 2.75) is 0 Å². The summed E-state index contributed by atoms with van der Waals surface area (Å²) in [5.41, 5.74) is 1.83. The zero-order chi connectivity index (χ0) is 12.0. The third-order valence-corrected chi connectivity index (χ3v) is 2.21. The molecule has 0 saturated carbocycles. The van der Waals surface area contributed by atoms with Gasteiger partial charge in [-0.05, 0) is 12.1 Å². The first-order valence-corrected chi connectivity index (χ1v) is 5.65. The molecule has 78 valence electrons. The van der Waals surface area contributed by atoms with Crippen LogP contribution >= 0.6 is 15.9 Å². The monoisotopic (exact) mass is 272 g/mol. The van der Waals surface area contributed by atoms with Gasteiger partial charge in [0.25, 0.3) is 0 Å². The van der Waals surface area contributed by atoms with Crippen LogP contribution < -0.4 is 4.74 Å². The normalized spacial score (nSPS) is 8.62. The summed E-state index contributed by atoms with van der Waals surface area (Å²) < 4.78 is 5.50. The molecule has 0 unspecified atom stereocenters. The predicted molar refractivity (Wildman–Crippen MR) is 69.5 cm³/mol. The Hall–Kier alpha value is -1.82. The maximum absolute atomic E-state index is 5.50. The van der Waals surface area contributed by atoms with Crippen molar-refractivity contribution in [3.8, 4) is 42.8 Å². The van der Waals surface area contributed by atoms with Crippen molar-refractivity contribution in [1.29, 1.82) is 0 Å². The van der Waals surface area contributed by atoms with Crippen LogP contribution in [-0.4, -0.2) is 11.9 Å². The minimum absolute atomic E-state index is 0.499. The average molecular weight is 273 g/mol. The first kappa shape index (κ1) is 12.3. The molecular weight excluding hydrogens is 264 g/mol. The molecule has 0 aliphatic rings. The van der Waals surface area contributed by atoms with Gasteiger partial charge in [-0.2, -0.15) is 0 Å². The molecule has 16 heavy (non-hydrogen) atoms. The molecule has 1 rings (SSSR count). The van der Waals surface area contributed by atoms with E-state index in [2.05, 4.69) is 33.7 Å². The summed E-state index contributed by atoms with van der Waals surface area (Å²) in [5, 5.41) is 0.706. The summed E-state index contributed by atoms with van der Waals surface area (Å²) in [6.45, 7) is 0.499. The molecule has 1 nitrogen and oxygen atoms in total. The number of hydrogen-bond acceptors (Lipinski definition) is 1. The van der Waals surface area contributed by atoms with Gasteiger partial charge in [0, 0.05) is 10.9 Å². The molecule has 0 N–H and O–H groups in total. The van der Waals surface area contributed by atoms with E-state index in [1.165, 1.54) is 0 Å². The molecule has 0 heterocycles. The summed E-state index contributed by atoms with van der Waals surface area (Å²) >= 11 is 3.27. The smallest absolute Gasteiger partial charge is 0.150 e. The van der Waals surface area contributed by atoms with Gasteiger partial charge in [-0.3, -0.25) is 0 Å². The molecule has 0 aromatic heterocycles. The molecule has 0 aliphatic heterocycles. The lowest BCUT2D eigenvalue weighted by atomic mass is 10.0. The van der Waals surface area contributed by atoms with E-state index in [1.807, 2.05) is 0 Å². The van der Waals surface area contributed by atoms with Crippen LogP contribution in [0.15, 0.2) is 12.1 Å². The molecule has 0 fully saturated rings. The van der Waals surface area contributed by atoms with Crippen molar-refractivity contribution in [1.82, 2.24) is 0 Å². The van der Waals surface area contributed by atoms with Crippen molar-refractivity contribution >= 4 is 15.9 Å². The molecule has 0 bridgehead atoms. The second kappa shape index (κ2) is 5.92. The molecular formula is C14H9BrO. The van der Waals surface area contributed by atoms with Crippen LogP contribution in [0.4, 0.5) is 0 Å². The van der Waals surface area contributed by atoms with Crippen LogP contribution in [-0.2, 0) is 0 Å². The first-order valence-electron chi connectivity index (χ1n) is 4.53. The average Bonchev–Trinajstić information content (AvgIpc) is 2.35. The van der Waals surface area contributed by atoms with E-state index >= 15 is 0 Å². The van der Waals surface area contributed by atoms with Crippen molar-refractivity contribution in [2.75, 3.05) is 11.9 Å². The summed E-state index contributed by atoms with van der Waals surface area (Å²) in [5.74, 6) is 8.09. The molecule has 2 heteroatoms. The van der Waals surface area contributed by atoms with Crippen molar-refractivity contribution in [3.63, 3.8) is 0 Å². The minimum atomic E-state index is 0.499. The standard InChI is InChI=1S/C14H9BrO/c1-4-11-9-12(5-2)14(16-8-7-15)13(6-3)10-11/h1-3,9-10H,7-8H2. The molecule has 0 radical (unpaired) electrons. The third kappa shape index (κ3) is 2.60. The van der Waals surface area contributed by atoms with Gasteiger partial charge in [-0.25, -0.2) is 0 Å². The second-order valence-corrected chi connectivity index (χ2v) is 3.66. The van der Waals surface area contributed by atoms with Gasteiger partial charge in [0.1, 0.15) is 0 Å². The van der Waals surface area contributed by atoms with Gasteiger partial charge >= 0.3 is 0 Å². The lowest BCUT2D eigenvalue weighted by Gasteiger charge is -2.10. The van der Waals surface area contributed by atoms with Crippen LogP contribution in [0.25, 0.3) is 0 Å². The van der Waals surface area contributed by atoms with Crippen molar-refractivity contribution < 1.29 is 4.74 Å². The van der Waals surface area contributed by atoms with Gasteiger partial charge in [0.15, 0.2) is 5.75 Å². The molecule has 1 aromatic carbocycles. The third-order valence-electron chi connectivity index (χ3n) is 1.89. The predicted octanol–water partition coefficient (Wildman–Crippen LogP) is 2.40. The molecule has 0 atom stereocenters. The van der Waals surface area contributed by atoms with Crippen molar-refractivity contribution in [3.05, 3.63) is 28.8 Å². The maximum Gasteiger partial charge on any atom is 0.150 e. The molecule has 0 spiro atoms. The zero-order valence-corrected chi connectivity index (χ0v) is 10.2. The topological polar surface area (TPSA) is 9.23 Å². The van der Waals surface area contributed by atoms with Crippen LogP contribution in [0.5, 0.6) is 5.75 Å². The Bertz CT molecular complexity index is 474. The Morgan fingerprint density at radius 3 is 2.00 bits per heavy atom. The van der Waals surface area contributed by atoms with Gasteiger partial charge in [0.2, 0.25) is 0 Å². The Kier molecular flexibility index (Phi) is 4.53. The fraction of sp³-hybridized carbons (Fsp3) is 0.143. The number of ether oxygens (including phenoxy) is 1. The van der Waals surface area contributed by atoms with Crippen LogP contribution in [0, 0.1) is 37.0 Å². The van der Waals surface area contributed by atoms with Gasteiger partial charge in [-0.1, -0.05) is 33.7 Å². The highest BCUT2D eigenvalue weighted by molar-refractivity contribution is 9.09. The van der Waals surface area contributed by atoms with E-state index in [9.17, 15) is 0 Å². The highest BCUT2D eigenvalue weighted by Gasteiger charge is 2.08. The van der Waals surface area contributed by atoms with Crippen LogP contribution in [0.1, 0.15) is 16.7 Å². The molecule has 0 aliphatic carbocycles. The number of hydrogen-bond donors (Lipinski definition) is 0. The van der Waals surface area contributed by atoms with E-state index in [-0.39, 0.29) is 0 Å². The van der Waals surface area contributed by atoms with Gasteiger partial charge in [-0.15, -0.1) is 19.3 Å². The van der Waals surface area contributed by atoms with Crippen LogP contribution in [0.3, 0.4) is 0 Å². The lowest BCUT2D eigenvalue weighted by molar-refractivity contribution is 0.343. The number of rotatable bonds is 3. The largest absolute Gasteiger partial charge is 0.490 e. The summed E-state index contributed by atoms with van der Waals surface area (Å²) in [6.07, 6.45) is 16.1. The summed E-state index contributed by atoms with van der Waals surface area (Å²) in [7, 11) is 0. The first-order chi connectivity index (χ1) is 7.76. The highest BCUT2D eigenvalue weighted by Crippen LogP contribution is 2.24. The second-order valence-electron chi connectivity index (χ2n) is 2.87. The van der Waals surface area contributed by atoms with Crippen molar-refractivity contribution in [2.24, 2.45) is 0 Å². The minimum Gasteiger partial charge on any atom is -0.490 e. The Labute approximate surface area is 104 Å². The highest BCUT2D eigenvalue weighted by atomic mass is 79.9. The van der Waals surface area contributed by atoms with Gasteiger partial charge < -0.3 is 4.74 Å². The summed E-state index contributed by atoms with van der Waals surface area (Å²) in [6, 6.07) is 3.43. The molecule has 0 amide bonds. The Morgan fingerprint density at radius 2 is 1.62 bits per heavy atom. The van der Waals surface area contributed by atoms with E-state index in [0.29, 0.717) is 34.4 Å². The fourth-order valence-corrected chi connectivity index (χ4v) is 1.38. The fourth-order valence-electron chi connectivity index (χ4n) is 1.22. The number of alkyl halides is 1. The molecule has 0 saturated heterocycles. The Morgan fingerprint density at radius 1 is 1.06 bits per heavy atom. The van der Waals surface area contributed by atoms with Crippen LogP contribution in [0.2, 0.25) is 0 Å². The summed E-state index contributed by atoms with van der Waals surface area (Å²) in [4.78, 5) is 0. The van der Waals surface area contributed by atoms with Gasteiger partial charge in [0.05, 0.1) is 17.7 Å². The Balaban J connectivity index is 3.30. The van der Waals surface area contributed by atoms with E-state index in [0.717, 1.165) is 0 Å². The number of halogens is 1. The lowest BCUT2D eigenvalue weighted by Crippen LogP contribution is -2.02. The van der Waals surface area contributed by atoms with E-state index < -0.39 is 0 Å². The zero-order valence-electron chi connectivity index (χ0n) is 8.59. The number of benzene rings is 1. The number of terminal acetylenes is 3. The molecule has 1 aromatic rings. The maximum atomic E-state index is 5.50.